The van der Waals surface area contributed by atoms with Gasteiger partial charge in [0.25, 0.3) is 0 Å². The summed E-state index contributed by atoms with van der Waals surface area (Å²) in [5.41, 5.74) is 0. The van der Waals surface area contributed by atoms with Crippen molar-refractivity contribution in [1.29, 1.82) is 0 Å². The number of aliphatic carboxylic acids is 1. The smallest absolute Gasteiger partial charge is 0.326 e. The predicted octanol–water partition coefficient (Wildman–Crippen LogP) is 1.21. The van der Waals surface area contributed by atoms with Crippen molar-refractivity contribution in [3.05, 3.63) is 0 Å². The van der Waals surface area contributed by atoms with Gasteiger partial charge in [-0.15, -0.1) is 0 Å². The van der Waals surface area contributed by atoms with Gasteiger partial charge in [-0.2, -0.15) is 0 Å². The fourth-order valence-electron chi connectivity index (χ4n) is 1.49. The van der Waals surface area contributed by atoms with Crippen molar-refractivity contribution < 1.29 is 19.4 Å². The van der Waals surface area contributed by atoms with E-state index in [1.807, 2.05) is 20.8 Å². The van der Waals surface area contributed by atoms with Crippen molar-refractivity contribution >= 4 is 12.0 Å². The van der Waals surface area contributed by atoms with E-state index in [4.69, 9.17) is 9.84 Å². The fraction of sp³-hybridized carbons (Fsp3) is 0.833. The Morgan fingerprint density at radius 2 is 1.89 bits per heavy atom. The summed E-state index contributed by atoms with van der Waals surface area (Å²) in [4.78, 5) is 22.6. The minimum absolute atomic E-state index is 0.133. The zero-order valence-corrected chi connectivity index (χ0v) is 11.5. The molecule has 2 atom stereocenters. The monoisotopic (exact) mass is 260 g/mol. The molecule has 0 aromatic carbocycles. The summed E-state index contributed by atoms with van der Waals surface area (Å²) in [5, 5.41) is 14.1. The van der Waals surface area contributed by atoms with Gasteiger partial charge in [-0.1, -0.05) is 27.2 Å². The molecule has 6 nitrogen and oxygen atoms in total. The average molecular weight is 260 g/mol. The molecule has 2 unspecified atom stereocenters. The van der Waals surface area contributed by atoms with E-state index in [1.165, 1.54) is 0 Å². The average Bonchev–Trinajstić information content (AvgIpc) is 2.27. The van der Waals surface area contributed by atoms with Crippen LogP contribution in [-0.2, 0) is 9.53 Å². The molecule has 0 saturated carbocycles. The lowest BCUT2D eigenvalue weighted by atomic mass is 10.1. The summed E-state index contributed by atoms with van der Waals surface area (Å²) in [6.45, 7) is 6.20. The number of methoxy groups -OCH3 is 1. The maximum atomic E-state index is 11.7. The van der Waals surface area contributed by atoms with Gasteiger partial charge in [-0.25, -0.2) is 9.59 Å². The maximum Gasteiger partial charge on any atom is 0.326 e. The molecule has 0 fully saturated rings. The van der Waals surface area contributed by atoms with Crippen LogP contribution < -0.4 is 10.6 Å². The van der Waals surface area contributed by atoms with E-state index in [-0.39, 0.29) is 12.0 Å². The van der Waals surface area contributed by atoms with Crippen LogP contribution in [0.15, 0.2) is 0 Å². The lowest BCUT2D eigenvalue weighted by Gasteiger charge is -2.23. The Kier molecular flexibility index (Phi) is 8.11. The van der Waals surface area contributed by atoms with E-state index in [2.05, 4.69) is 10.6 Å². The third-order valence-electron chi connectivity index (χ3n) is 2.65. The summed E-state index contributed by atoms with van der Waals surface area (Å²) in [6.07, 6.45) is 1.11. The second-order valence-electron chi connectivity index (χ2n) is 4.60. The van der Waals surface area contributed by atoms with Crippen LogP contribution in [0.1, 0.15) is 33.6 Å². The quantitative estimate of drug-likeness (QED) is 0.612. The van der Waals surface area contributed by atoms with Crippen LogP contribution in [0.2, 0.25) is 0 Å². The molecule has 3 N–H and O–H groups in total. The Morgan fingerprint density at radius 3 is 2.28 bits per heavy atom. The zero-order chi connectivity index (χ0) is 14.1. The topological polar surface area (TPSA) is 87.7 Å². The van der Waals surface area contributed by atoms with E-state index in [0.717, 1.165) is 0 Å². The Hall–Kier alpha value is -1.30. The third kappa shape index (κ3) is 6.44. The molecule has 0 bridgehead atoms. The lowest BCUT2D eigenvalue weighted by Crippen LogP contribution is -2.51. The first-order valence-electron chi connectivity index (χ1n) is 6.21. The van der Waals surface area contributed by atoms with Crippen molar-refractivity contribution in [3.63, 3.8) is 0 Å². The number of ether oxygens (including phenoxy) is 1. The number of rotatable bonds is 8. The molecule has 0 heterocycles. The van der Waals surface area contributed by atoms with Crippen LogP contribution in [0.25, 0.3) is 0 Å². The molecule has 6 heteroatoms. The first kappa shape index (κ1) is 16.7. The first-order chi connectivity index (χ1) is 8.42. The maximum absolute atomic E-state index is 11.7. The van der Waals surface area contributed by atoms with E-state index in [0.29, 0.717) is 19.4 Å². The van der Waals surface area contributed by atoms with Gasteiger partial charge in [0, 0.05) is 7.11 Å². The van der Waals surface area contributed by atoms with E-state index >= 15 is 0 Å². The molecule has 0 saturated heterocycles. The molecule has 106 valence electrons. The van der Waals surface area contributed by atoms with Crippen LogP contribution in [0.3, 0.4) is 0 Å². The van der Waals surface area contributed by atoms with Crippen molar-refractivity contribution in [1.82, 2.24) is 10.6 Å². The standard InChI is InChI=1S/C12H24N2O4/c1-5-6-9(11(15)16)13-12(17)14-10(7-18-4)8(2)3/h8-10H,5-7H2,1-4H3,(H,15,16)(H2,13,14,17). The molecule has 0 rings (SSSR count). The van der Waals surface area contributed by atoms with Gasteiger partial charge >= 0.3 is 12.0 Å². The summed E-state index contributed by atoms with van der Waals surface area (Å²) in [7, 11) is 1.56. The van der Waals surface area contributed by atoms with Gasteiger partial charge in [0.15, 0.2) is 0 Å². The van der Waals surface area contributed by atoms with Crippen molar-refractivity contribution in [2.24, 2.45) is 5.92 Å². The Morgan fingerprint density at radius 1 is 1.28 bits per heavy atom. The molecule has 0 spiro atoms. The third-order valence-corrected chi connectivity index (χ3v) is 2.65. The molecule has 2 amide bonds. The number of nitrogens with one attached hydrogen (secondary N) is 2. The first-order valence-corrected chi connectivity index (χ1v) is 6.21. The Balaban J connectivity index is 4.32. The van der Waals surface area contributed by atoms with E-state index in [9.17, 15) is 9.59 Å². The van der Waals surface area contributed by atoms with Crippen LogP contribution in [0.4, 0.5) is 4.79 Å². The number of carboxylic acids is 1. The molecule has 0 aliphatic rings. The van der Waals surface area contributed by atoms with Crippen LogP contribution in [-0.4, -0.2) is 42.9 Å². The highest BCUT2D eigenvalue weighted by Crippen LogP contribution is 2.02. The van der Waals surface area contributed by atoms with Crippen molar-refractivity contribution in [2.75, 3.05) is 13.7 Å². The van der Waals surface area contributed by atoms with Crippen LogP contribution >= 0.6 is 0 Å². The van der Waals surface area contributed by atoms with Gasteiger partial charge in [0.1, 0.15) is 6.04 Å². The minimum Gasteiger partial charge on any atom is -0.480 e. The SMILES string of the molecule is CCCC(NC(=O)NC(COC)C(C)C)C(=O)O. The fourth-order valence-corrected chi connectivity index (χ4v) is 1.49. The summed E-state index contributed by atoms with van der Waals surface area (Å²) in [6, 6.07) is -1.44. The van der Waals surface area contributed by atoms with Gasteiger partial charge in [0.05, 0.1) is 12.6 Å². The highest BCUT2D eigenvalue weighted by Gasteiger charge is 2.21. The van der Waals surface area contributed by atoms with E-state index < -0.39 is 18.0 Å². The second-order valence-corrected chi connectivity index (χ2v) is 4.60. The lowest BCUT2D eigenvalue weighted by molar-refractivity contribution is -0.139. The molecule has 0 aromatic heterocycles. The summed E-state index contributed by atoms with van der Waals surface area (Å²) in [5.74, 6) is -0.801. The number of carboxylic acid groups (broad SMARTS) is 1. The Bertz CT molecular complexity index is 269. The molecular formula is C12H24N2O4. The summed E-state index contributed by atoms with van der Waals surface area (Å²) < 4.78 is 5.01. The van der Waals surface area contributed by atoms with Gasteiger partial charge in [-0.05, 0) is 12.3 Å². The minimum atomic E-state index is -1.01. The molecule has 0 aromatic rings. The molecule has 18 heavy (non-hydrogen) atoms. The van der Waals surface area contributed by atoms with E-state index in [1.54, 1.807) is 7.11 Å². The normalized spacial score (nSPS) is 14.1. The predicted molar refractivity (Wildman–Crippen MR) is 68.5 cm³/mol. The molecular weight excluding hydrogens is 236 g/mol. The highest BCUT2D eigenvalue weighted by molar-refractivity contribution is 5.82. The van der Waals surface area contributed by atoms with Gasteiger partial charge in [0.2, 0.25) is 0 Å². The number of hydrogen-bond acceptors (Lipinski definition) is 3. The molecule has 0 radical (unpaired) electrons. The van der Waals surface area contributed by atoms with Crippen molar-refractivity contribution in [3.8, 4) is 0 Å². The number of carbonyl (C=O) groups excluding carboxylic acids is 1. The Labute approximate surface area is 108 Å². The molecule has 0 aliphatic heterocycles. The van der Waals surface area contributed by atoms with Gasteiger partial charge < -0.3 is 20.5 Å². The number of carbonyl (C=O) groups is 2. The number of amides is 2. The van der Waals surface area contributed by atoms with Crippen LogP contribution in [0, 0.1) is 5.92 Å². The number of hydrogen-bond donors (Lipinski definition) is 3. The highest BCUT2D eigenvalue weighted by atomic mass is 16.5. The second kappa shape index (κ2) is 8.74. The zero-order valence-electron chi connectivity index (χ0n) is 11.5. The largest absolute Gasteiger partial charge is 0.480 e. The van der Waals surface area contributed by atoms with Crippen molar-refractivity contribution in [2.45, 2.75) is 45.7 Å². The van der Waals surface area contributed by atoms with Crippen LogP contribution in [0.5, 0.6) is 0 Å². The molecule has 0 aliphatic carbocycles. The number of urea groups is 1. The summed E-state index contributed by atoms with van der Waals surface area (Å²) >= 11 is 0. The van der Waals surface area contributed by atoms with Gasteiger partial charge in [-0.3, -0.25) is 0 Å².